The number of amides is 2. The van der Waals surface area contributed by atoms with Crippen LogP contribution in [0, 0.1) is 11.8 Å². The van der Waals surface area contributed by atoms with E-state index in [9.17, 15) is 9.59 Å². The van der Waals surface area contributed by atoms with Gasteiger partial charge in [0.05, 0.1) is 18.3 Å². The Labute approximate surface area is 281 Å². The first-order valence-corrected chi connectivity index (χ1v) is 15.8. The Hall–Kier alpha value is -4.23. The monoisotopic (exact) mass is 661 g/mol. The molecule has 1 saturated carbocycles. The summed E-state index contributed by atoms with van der Waals surface area (Å²) >= 11 is 0. The lowest BCUT2D eigenvalue weighted by atomic mass is 9.81. The number of rotatable bonds is 13. The van der Waals surface area contributed by atoms with Gasteiger partial charge in [-0.05, 0) is 117 Å². The van der Waals surface area contributed by atoms with Gasteiger partial charge in [0.15, 0.2) is 5.82 Å². The largest absolute Gasteiger partial charge is 0.478 e. The van der Waals surface area contributed by atoms with Gasteiger partial charge in [0, 0.05) is 35.9 Å². The zero-order chi connectivity index (χ0) is 32.5. The van der Waals surface area contributed by atoms with Crippen LogP contribution in [0.1, 0.15) is 37.7 Å². The molecule has 1 atom stereocenters. The molecule has 0 unspecified atom stereocenters. The van der Waals surface area contributed by atoms with Crippen LogP contribution >= 0.6 is 12.4 Å². The Kier molecular flexibility index (Phi) is 12.9. The van der Waals surface area contributed by atoms with Crippen molar-refractivity contribution in [3.8, 4) is 28.4 Å². The second-order valence-electron chi connectivity index (χ2n) is 12.2. The number of hydrogen-bond donors (Lipinski definition) is 3. The molecule has 1 aliphatic rings. The molecule has 5 rings (SSSR count). The second-order valence-corrected chi connectivity index (χ2v) is 12.2. The van der Waals surface area contributed by atoms with Gasteiger partial charge >= 0.3 is 0 Å². The third-order valence-corrected chi connectivity index (χ3v) is 8.48. The number of nitrogens with two attached hydrogens (primary N) is 2. The van der Waals surface area contributed by atoms with Gasteiger partial charge in [-0.15, -0.1) is 17.5 Å². The van der Waals surface area contributed by atoms with E-state index >= 15 is 0 Å². The molecule has 0 radical (unpaired) electrons. The molecule has 12 nitrogen and oxygen atoms in total. The van der Waals surface area contributed by atoms with Crippen LogP contribution in [0.2, 0.25) is 0 Å². The molecule has 0 saturated heterocycles. The number of carbonyl (C=O) groups excluding carboxylic acids is 2. The van der Waals surface area contributed by atoms with E-state index in [4.69, 9.17) is 16.2 Å². The molecule has 13 heteroatoms. The fourth-order valence-corrected chi connectivity index (χ4v) is 5.82. The number of aromatic amines is 1. The Balaban J connectivity index is 0.00000500. The highest BCUT2D eigenvalue weighted by Gasteiger charge is 2.35. The fraction of sp³-hybridized carbons (Fsp3) is 0.412. The third kappa shape index (κ3) is 9.41. The number of ether oxygens (including phenoxy) is 1. The van der Waals surface area contributed by atoms with E-state index in [1.165, 1.54) is 4.90 Å². The number of nitrogens with zero attached hydrogens (tertiary/aromatic N) is 6. The summed E-state index contributed by atoms with van der Waals surface area (Å²) in [5.41, 5.74) is 16.4. The van der Waals surface area contributed by atoms with Gasteiger partial charge in [0.25, 0.3) is 5.91 Å². The Bertz CT molecular complexity index is 1560. The van der Waals surface area contributed by atoms with Crippen LogP contribution in [0.4, 0.5) is 5.69 Å². The summed E-state index contributed by atoms with van der Waals surface area (Å²) in [6, 6.07) is 17.8. The molecule has 0 spiro atoms. The highest BCUT2D eigenvalue weighted by molar-refractivity contribution is 6.17. The van der Waals surface area contributed by atoms with Crippen molar-refractivity contribution in [1.82, 2.24) is 30.5 Å². The molecular weight excluding hydrogens is 618 g/mol. The van der Waals surface area contributed by atoms with Gasteiger partial charge in [-0.1, -0.05) is 24.3 Å². The van der Waals surface area contributed by atoms with Crippen molar-refractivity contribution < 1.29 is 14.3 Å². The zero-order valence-electron chi connectivity index (χ0n) is 26.9. The number of imide groups is 1. The number of aromatic nitrogens is 5. The third-order valence-electron chi connectivity index (χ3n) is 8.48. The van der Waals surface area contributed by atoms with E-state index in [1.807, 2.05) is 50.5 Å². The van der Waals surface area contributed by atoms with Crippen LogP contribution < -0.4 is 21.1 Å². The first kappa shape index (κ1) is 35.6. The fourth-order valence-electron chi connectivity index (χ4n) is 5.82. The van der Waals surface area contributed by atoms with Crippen LogP contribution in [-0.2, 0) is 16.0 Å². The van der Waals surface area contributed by atoms with Crippen molar-refractivity contribution in [2.75, 3.05) is 38.7 Å². The summed E-state index contributed by atoms with van der Waals surface area (Å²) in [6.07, 6.45) is 6.08. The average molecular weight is 662 g/mol. The number of carbonyl (C=O) groups is 2. The molecule has 250 valence electrons. The van der Waals surface area contributed by atoms with Crippen LogP contribution in [0.3, 0.4) is 0 Å². The summed E-state index contributed by atoms with van der Waals surface area (Å²) in [5.74, 6) is 0.539. The Morgan fingerprint density at radius 2 is 1.74 bits per heavy atom. The molecule has 2 aromatic heterocycles. The maximum atomic E-state index is 14.0. The van der Waals surface area contributed by atoms with Gasteiger partial charge in [-0.25, -0.2) is 15.0 Å². The molecule has 0 bridgehead atoms. The van der Waals surface area contributed by atoms with Crippen LogP contribution in [0.5, 0.6) is 5.88 Å². The average Bonchev–Trinajstić information content (AvgIpc) is 3.63. The first-order valence-electron chi connectivity index (χ1n) is 15.8. The molecular formula is C34H44ClN9O3. The number of benzene rings is 2. The smallest absolute Gasteiger partial charge is 0.251 e. The van der Waals surface area contributed by atoms with Crippen molar-refractivity contribution in [3.05, 3.63) is 72.4 Å². The van der Waals surface area contributed by atoms with Crippen molar-refractivity contribution in [2.24, 2.45) is 23.3 Å². The molecule has 2 heterocycles. The van der Waals surface area contributed by atoms with Crippen molar-refractivity contribution in [3.63, 3.8) is 0 Å². The minimum absolute atomic E-state index is 0. The molecule has 2 aromatic carbocycles. The molecule has 1 aliphatic carbocycles. The summed E-state index contributed by atoms with van der Waals surface area (Å²) in [5, 5.41) is 13.9. The highest BCUT2D eigenvalue weighted by Crippen LogP contribution is 2.32. The van der Waals surface area contributed by atoms with Crippen LogP contribution in [0.15, 0.2) is 66.9 Å². The van der Waals surface area contributed by atoms with E-state index in [1.54, 1.807) is 30.5 Å². The molecule has 4 aromatic rings. The normalized spacial score (nSPS) is 16.7. The predicted molar refractivity (Wildman–Crippen MR) is 184 cm³/mol. The number of tetrazole rings is 1. The van der Waals surface area contributed by atoms with E-state index < -0.39 is 11.9 Å². The Morgan fingerprint density at radius 3 is 2.38 bits per heavy atom. The first-order chi connectivity index (χ1) is 22.3. The molecule has 47 heavy (non-hydrogen) atoms. The van der Waals surface area contributed by atoms with Crippen molar-refractivity contribution >= 4 is 29.9 Å². The second kappa shape index (κ2) is 17.1. The maximum absolute atomic E-state index is 14.0. The van der Waals surface area contributed by atoms with Gasteiger partial charge < -0.3 is 21.1 Å². The lowest BCUT2D eigenvalue weighted by Gasteiger charge is -2.32. The lowest BCUT2D eigenvalue weighted by molar-refractivity contribution is -0.130. The molecule has 0 aliphatic heterocycles. The summed E-state index contributed by atoms with van der Waals surface area (Å²) in [6.45, 7) is 2.16. The number of H-pyrrole nitrogens is 1. The topological polar surface area (TPSA) is 169 Å². The van der Waals surface area contributed by atoms with Crippen molar-refractivity contribution in [1.29, 1.82) is 0 Å². The number of halogens is 1. The number of pyridine rings is 1. The van der Waals surface area contributed by atoms with Gasteiger partial charge in [-0.3, -0.25) is 9.59 Å². The minimum atomic E-state index is -0.936. The number of anilines is 1. The SMILES string of the molecule is CN(C)CCCOc1ccc(-c2cccc(C[C@H](N)C(=O)N(c3ccc(-c4nnn[nH]4)cc3)C(=O)[C@H]3CC[C@H](CN)CC3)c2)cn1.Cl. The summed E-state index contributed by atoms with van der Waals surface area (Å²) in [7, 11) is 4.07. The number of nitrogens with one attached hydrogen (secondary N) is 1. The molecule has 2 amide bonds. The summed E-state index contributed by atoms with van der Waals surface area (Å²) < 4.78 is 5.77. The van der Waals surface area contributed by atoms with E-state index in [2.05, 4.69) is 30.5 Å². The zero-order valence-corrected chi connectivity index (χ0v) is 27.7. The van der Waals surface area contributed by atoms with Gasteiger partial charge in [-0.2, -0.15) is 0 Å². The van der Waals surface area contributed by atoms with Gasteiger partial charge in [0.2, 0.25) is 11.8 Å². The predicted octanol–water partition coefficient (Wildman–Crippen LogP) is 3.88. The van der Waals surface area contributed by atoms with Crippen molar-refractivity contribution in [2.45, 2.75) is 44.6 Å². The number of hydrogen-bond acceptors (Lipinski definition) is 10. The lowest BCUT2D eigenvalue weighted by Crippen LogP contribution is -2.50. The van der Waals surface area contributed by atoms with Crippen LogP contribution in [-0.4, -0.2) is 82.2 Å². The molecule has 1 fully saturated rings. The molecule has 5 N–H and O–H groups in total. The highest BCUT2D eigenvalue weighted by atomic mass is 35.5. The van der Waals surface area contributed by atoms with Crippen LogP contribution in [0.25, 0.3) is 22.5 Å². The Morgan fingerprint density at radius 1 is 1.00 bits per heavy atom. The maximum Gasteiger partial charge on any atom is 0.251 e. The van der Waals surface area contributed by atoms with E-state index in [-0.39, 0.29) is 30.7 Å². The van der Waals surface area contributed by atoms with E-state index in [0.29, 0.717) is 49.3 Å². The van der Waals surface area contributed by atoms with E-state index in [0.717, 1.165) is 48.1 Å². The standard InChI is InChI=1S/C34H43N9O3.ClH/c1-42(2)17-4-18-46-31-16-13-28(22-37-31)27-6-3-5-24(19-27)20-30(36)34(45)43(33(44)26-9-7-23(21-35)8-10-26)29-14-11-25(12-15-29)32-38-40-41-39-32;/h3,5-6,11-16,19,22-23,26,30H,4,7-10,17-18,20-21,35-36H2,1-2H3,(H,38,39,40,41);1H/t23-,26-,30-;/m0./s1. The summed E-state index contributed by atoms with van der Waals surface area (Å²) in [4.78, 5) is 35.8. The minimum Gasteiger partial charge on any atom is -0.478 e. The quantitative estimate of drug-likeness (QED) is 0.179. The van der Waals surface area contributed by atoms with Gasteiger partial charge in [0.1, 0.15) is 0 Å².